The summed E-state index contributed by atoms with van der Waals surface area (Å²) in [5.41, 5.74) is 1.87. The van der Waals surface area contributed by atoms with Crippen molar-refractivity contribution in [1.82, 2.24) is 15.3 Å². The Kier molecular flexibility index (Phi) is 4.70. The highest BCUT2D eigenvalue weighted by molar-refractivity contribution is 5.92. The highest BCUT2D eigenvalue weighted by Gasteiger charge is 2.11. The average Bonchev–Trinajstić information content (AvgIpc) is 2.86. The fourth-order valence-electron chi connectivity index (χ4n) is 1.66. The van der Waals surface area contributed by atoms with Gasteiger partial charge in [0.15, 0.2) is 5.76 Å². The van der Waals surface area contributed by atoms with Crippen LogP contribution < -0.4 is 10.6 Å². The molecular formula is C14H18N4O2. The predicted octanol–water partition coefficient (Wildman–Crippen LogP) is 1.92. The minimum absolute atomic E-state index is 0.181. The van der Waals surface area contributed by atoms with Gasteiger partial charge in [-0.15, -0.1) is 0 Å². The summed E-state index contributed by atoms with van der Waals surface area (Å²) in [7, 11) is 0. The van der Waals surface area contributed by atoms with Crippen molar-refractivity contribution in [2.24, 2.45) is 0 Å². The van der Waals surface area contributed by atoms with Crippen LogP contribution in [0, 0.1) is 13.8 Å². The monoisotopic (exact) mass is 274 g/mol. The largest absolute Gasteiger partial charge is 0.459 e. The molecule has 0 saturated heterocycles. The summed E-state index contributed by atoms with van der Waals surface area (Å²) in [4.78, 5) is 20.0. The summed E-state index contributed by atoms with van der Waals surface area (Å²) in [6.07, 6.45) is 5.82. The average molecular weight is 274 g/mol. The standard InChI is InChI=1S/C14H18N4O2/c1-10-8-17-14(18-9-10)16-6-3-5-15-13(19)12-11(2)4-7-20-12/h4,7-9H,3,5-6H2,1-2H3,(H,15,19)(H,16,17,18). The number of hydrogen-bond acceptors (Lipinski definition) is 5. The van der Waals surface area contributed by atoms with Crippen LogP contribution in [0.15, 0.2) is 29.1 Å². The van der Waals surface area contributed by atoms with Gasteiger partial charge >= 0.3 is 0 Å². The number of amides is 1. The summed E-state index contributed by atoms with van der Waals surface area (Å²) < 4.78 is 5.12. The van der Waals surface area contributed by atoms with Crippen molar-refractivity contribution in [2.45, 2.75) is 20.3 Å². The Hall–Kier alpha value is -2.37. The number of hydrogen-bond donors (Lipinski definition) is 2. The van der Waals surface area contributed by atoms with Gasteiger partial charge in [0.1, 0.15) is 0 Å². The molecular weight excluding hydrogens is 256 g/mol. The molecule has 2 aromatic heterocycles. The quantitative estimate of drug-likeness (QED) is 0.787. The zero-order valence-corrected chi connectivity index (χ0v) is 11.6. The van der Waals surface area contributed by atoms with Gasteiger partial charge in [-0.3, -0.25) is 4.79 Å². The van der Waals surface area contributed by atoms with Crippen LogP contribution in [0.3, 0.4) is 0 Å². The molecule has 0 atom stereocenters. The van der Waals surface area contributed by atoms with Gasteiger partial charge in [-0.25, -0.2) is 9.97 Å². The number of carbonyl (C=O) groups excluding carboxylic acids is 1. The van der Waals surface area contributed by atoms with Crippen LogP contribution >= 0.6 is 0 Å². The van der Waals surface area contributed by atoms with Crippen molar-refractivity contribution in [1.29, 1.82) is 0 Å². The molecule has 0 bridgehead atoms. The first-order chi connectivity index (χ1) is 9.66. The Morgan fingerprint density at radius 2 is 2.00 bits per heavy atom. The second-order valence-corrected chi connectivity index (χ2v) is 4.55. The molecule has 0 aromatic carbocycles. The van der Waals surface area contributed by atoms with E-state index >= 15 is 0 Å². The van der Waals surface area contributed by atoms with Crippen LogP contribution in [-0.4, -0.2) is 29.0 Å². The van der Waals surface area contributed by atoms with Gasteiger partial charge in [0.05, 0.1) is 6.26 Å². The zero-order valence-electron chi connectivity index (χ0n) is 11.6. The summed E-state index contributed by atoms with van der Waals surface area (Å²) >= 11 is 0. The first-order valence-corrected chi connectivity index (χ1v) is 6.51. The fourth-order valence-corrected chi connectivity index (χ4v) is 1.66. The SMILES string of the molecule is Cc1cnc(NCCCNC(=O)c2occc2C)nc1. The molecule has 2 N–H and O–H groups in total. The third-order valence-electron chi connectivity index (χ3n) is 2.77. The topological polar surface area (TPSA) is 80.0 Å². The van der Waals surface area contributed by atoms with Gasteiger partial charge in [-0.1, -0.05) is 0 Å². The van der Waals surface area contributed by atoms with Crippen LogP contribution in [0.5, 0.6) is 0 Å². The third-order valence-corrected chi connectivity index (χ3v) is 2.77. The van der Waals surface area contributed by atoms with Crippen molar-refractivity contribution >= 4 is 11.9 Å². The molecule has 0 spiro atoms. The van der Waals surface area contributed by atoms with Gasteiger partial charge in [-0.2, -0.15) is 0 Å². The molecule has 0 radical (unpaired) electrons. The molecule has 0 saturated carbocycles. The summed E-state index contributed by atoms with van der Waals surface area (Å²) in [5, 5.41) is 5.90. The lowest BCUT2D eigenvalue weighted by molar-refractivity contribution is 0.0925. The van der Waals surface area contributed by atoms with E-state index in [0.29, 0.717) is 24.8 Å². The Morgan fingerprint density at radius 3 is 2.65 bits per heavy atom. The maximum absolute atomic E-state index is 11.7. The maximum atomic E-state index is 11.7. The van der Waals surface area contributed by atoms with Crippen LogP contribution in [0.1, 0.15) is 28.1 Å². The van der Waals surface area contributed by atoms with Gasteiger partial charge in [0, 0.05) is 31.0 Å². The van der Waals surface area contributed by atoms with Crippen LogP contribution in [0.2, 0.25) is 0 Å². The predicted molar refractivity (Wildman–Crippen MR) is 75.7 cm³/mol. The number of nitrogens with zero attached hydrogens (tertiary/aromatic N) is 2. The molecule has 6 heteroatoms. The Morgan fingerprint density at radius 1 is 1.25 bits per heavy atom. The van der Waals surface area contributed by atoms with E-state index in [-0.39, 0.29) is 5.91 Å². The van der Waals surface area contributed by atoms with Crippen molar-refractivity contribution in [3.8, 4) is 0 Å². The van der Waals surface area contributed by atoms with E-state index in [0.717, 1.165) is 17.5 Å². The number of aromatic nitrogens is 2. The number of furan rings is 1. The molecule has 6 nitrogen and oxygen atoms in total. The molecule has 2 aromatic rings. The summed E-state index contributed by atoms with van der Waals surface area (Å²) in [5.74, 6) is 0.794. The minimum Gasteiger partial charge on any atom is -0.459 e. The van der Waals surface area contributed by atoms with E-state index in [2.05, 4.69) is 20.6 Å². The molecule has 2 heterocycles. The second-order valence-electron chi connectivity index (χ2n) is 4.55. The highest BCUT2D eigenvalue weighted by atomic mass is 16.3. The number of nitrogens with one attached hydrogen (secondary N) is 2. The van der Waals surface area contributed by atoms with Crippen molar-refractivity contribution in [3.63, 3.8) is 0 Å². The minimum atomic E-state index is -0.181. The van der Waals surface area contributed by atoms with Gasteiger partial charge in [0.2, 0.25) is 5.95 Å². The van der Waals surface area contributed by atoms with E-state index in [4.69, 9.17) is 4.42 Å². The molecule has 106 valence electrons. The third kappa shape index (κ3) is 3.81. The smallest absolute Gasteiger partial charge is 0.287 e. The number of carbonyl (C=O) groups is 1. The Balaban J connectivity index is 1.66. The number of aryl methyl sites for hydroxylation is 2. The second kappa shape index (κ2) is 6.70. The Bertz CT molecular complexity index is 563. The number of anilines is 1. The molecule has 0 aliphatic rings. The highest BCUT2D eigenvalue weighted by Crippen LogP contribution is 2.07. The van der Waals surface area contributed by atoms with E-state index < -0.39 is 0 Å². The van der Waals surface area contributed by atoms with E-state index in [1.807, 2.05) is 13.8 Å². The van der Waals surface area contributed by atoms with Crippen LogP contribution in [0.4, 0.5) is 5.95 Å². The fraction of sp³-hybridized carbons (Fsp3) is 0.357. The van der Waals surface area contributed by atoms with Crippen LogP contribution in [0.25, 0.3) is 0 Å². The molecule has 1 amide bonds. The van der Waals surface area contributed by atoms with Crippen molar-refractivity contribution in [2.75, 3.05) is 18.4 Å². The van der Waals surface area contributed by atoms with Crippen molar-refractivity contribution in [3.05, 3.63) is 41.6 Å². The lowest BCUT2D eigenvalue weighted by Crippen LogP contribution is -2.26. The van der Waals surface area contributed by atoms with E-state index in [9.17, 15) is 4.79 Å². The van der Waals surface area contributed by atoms with Crippen molar-refractivity contribution < 1.29 is 9.21 Å². The summed E-state index contributed by atoms with van der Waals surface area (Å²) in [6, 6.07) is 1.77. The van der Waals surface area contributed by atoms with Gasteiger partial charge < -0.3 is 15.1 Å². The lowest BCUT2D eigenvalue weighted by Gasteiger charge is -2.06. The summed E-state index contributed by atoms with van der Waals surface area (Å²) in [6.45, 7) is 5.04. The molecule has 2 rings (SSSR count). The first-order valence-electron chi connectivity index (χ1n) is 6.51. The first kappa shape index (κ1) is 14.0. The number of rotatable bonds is 6. The molecule has 0 fully saturated rings. The van der Waals surface area contributed by atoms with Crippen LogP contribution in [-0.2, 0) is 0 Å². The Labute approximate surface area is 117 Å². The molecule has 0 unspecified atom stereocenters. The van der Waals surface area contributed by atoms with E-state index in [1.165, 1.54) is 6.26 Å². The molecule has 0 aliphatic heterocycles. The lowest BCUT2D eigenvalue weighted by atomic mass is 10.2. The zero-order chi connectivity index (χ0) is 14.4. The van der Waals surface area contributed by atoms with Gasteiger partial charge in [-0.05, 0) is 31.9 Å². The van der Waals surface area contributed by atoms with E-state index in [1.54, 1.807) is 18.5 Å². The maximum Gasteiger partial charge on any atom is 0.287 e. The normalized spacial score (nSPS) is 10.3. The molecule has 0 aliphatic carbocycles. The van der Waals surface area contributed by atoms with Gasteiger partial charge in [0.25, 0.3) is 5.91 Å². The molecule has 20 heavy (non-hydrogen) atoms.